The molecule has 0 saturated carbocycles. The lowest BCUT2D eigenvalue weighted by Gasteiger charge is -1.99. The highest BCUT2D eigenvalue weighted by molar-refractivity contribution is 7.09. The highest BCUT2D eigenvalue weighted by Crippen LogP contribution is 2.07. The zero-order chi connectivity index (χ0) is 9.68. The van der Waals surface area contributed by atoms with Crippen molar-refractivity contribution in [2.75, 3.05) is 0 Å². The Morgan fingerprint density at radius 3 is 3.23 bits per heavy atom. The van der Waals surface area contributed by atoms with E-state index in [0.717, 1.165) is 10.7 Å². The van der Waals surface area contributed by atoms with Crippen LogP contribution in [0.5, 0.6) is 0 Å². The van der Waals surface area contributed by atoms with Crippen molar-refractivity contribution in [2.24, 2.45) is 10.7 Å². The summed E-state index contributed by atoms with van der Waals surface area (Å²) in [5.74, 6) is 0.121. The SMILES string of the molecule is Cc1csc(CN/C(N)=N\C#N)n1. The largest absolute Gasteiger partial charge is 0.369 e. The Hall–Kier alpha value is -1.61. The van der Waals surface area contributed by atoms with Crippen LogP contribution in [0, 0.1) is 18.4 Å². The van der Waals surface area contributed by atoms with Crippen LogP contribution in [-0.2, 0) is 6.54 Å². The molecule has 0 radical (unpaired) electrons. The molecule has 0 aliphatic carbocycles. The lowest BCUT2D eigenvalue weighted by molar-refractivity contribution is 0.886. The van der Waals surface area contributed by atoms with Gasteiger partial charge in [-0.05, 0) is 6.92 Å². The zero-order valence-electron chi connectivity index (χ0n) is 7.11. The van der Waals surface area contributed by atoms with Crippen LogP contribution >= 0.6 is 11.3 Å². The summed E-state index contributed by atoms with van der Waals surface area (Å²) in [5.41, 5.74) is 6.32. The number of nitriles is 1. The molecule has 68 valence electrons. The van der Waals surface area contributed by atoms with E-state index < -0.39 is 0 Å². The van der Waals surface area contributed by atoms with E-state index in [1.165, 1.54) is 0 Å². The van der Waals surface area contributed by atoms with E-state index in [4.69, 9.17) is 11.0 Å². The van der Waals surface area contributed by atoms with Crippen LogP contribution in [0.3, 0.4) is 0 Å². The van der Waals surface area contributed by atoms with Gasteiger partial charge in [-0.3, -0.25) is 0 Å². The molecule has 0 saturated heterocycles. The summed E-state index contributed by atoms with van der Waals surface area (Å²) in [6, 6.07) is 0. The van der Waals surface area contributed by atoms with Crippen LogP contribution in [0.15, 0.2) is 10.4 Å². The summed E-state index contributed by atoms with van der Waals surface area (Å²) < 4.78 is 0. The molecule has 0 bridgehead atoms. The molecule has 3 N–H and O–H groups in total. The predicted molar refractivity (Wildman–Crippen MR) is 50.9 cm³/mol. The van der Waals surface area contributed by atoms with Crippen molar-refractivity contribution in [3.05, 3.63) is 16.1 Å². The summed E-state index contributed by atoms with van der Waals surface area (Å²) in [6.07, 6.45) is 1.59. The van der Waals surface area contributed by atoms with Crippen LogP contribution in [0.2, 0.25) is 0 Å². The molecule has 1 heterocycles. The average Bonchev–Trinajstić information content (AvgIpc) is 2.49. The average molecular weight is 195 g/mol. The van der Waals surface area contributed by atoms with E-state index in [9.17, 15) is 0 Å². The van der Waals surface area contributed by atoms with E-state index >= 15 is 0 Å². The molecule has 0 spiro atoms. The first kappa shape index (κ1) is 9.48. The molecule has 6 heteroatoms. The van der Waals surface area contributed by atoms with E-state index in [-0.39, 0.29) is 5.96 Å². The van der Waals surface area contributed by atoms with Gasteiger partial charge in [0.25, 0.3) is 0 Å². The molecule has 0 aliphatic rings. The highest BCUT2D eigenvalue weighted by atomic mass is 32.1. The summed E-state index contributed by atoms with van der Waals surface area (Å²) in [7, 11) is 0. The van der Waals surface area contributed by atoms with Gasteiger partial charge in [0.15, 0.2) is 0 Å². The third-order valence-corrected chi connectivity index (χ3v) is 2.22. The van der Waals surface area contributed by atoms with Gasteiger partial charge in [-0.2, -0.15) is 5.26 Å². The Balaban J connectivity index is 2.44. The Kier molecular flexibility index (Phi) is 3.23. The minimum atomic E-state index is 0.121. The number of nitrogens with two attached hydrogens (primary N) is 1. The van der Waals surface area contributed by atoms with E-state index in [1.807, 2.05) is 12.3 Å². The van der Waals surface area contributed by atoms with Crippen molar-refractivity contribution in [1.29, 1.82) is 5.26 Å². The first-order valence-corrected chi connectivity index (χ1v) is 4.47. The van der Waals surface area contributed by atoms with Gasteiger partial charge in [0.05, 0.1) is 6.54 Å². The molecule has 13 heavy (non-hydrogen) atoms. The topological polar surface area (TPSA) is 87.1 Å². The van der Waals surface area contributed by atoms with Gasteiger partial charge < -0.3 is 11.1 Å². The maximum atomic E-state index is 8.17. The van der Waals surface area contributed by atoms with Crippen molar-refractivity contribution in [3.8, 4) is 6.19 Å². The molecule has 0 aromatic carbocycles. The summed E-state index contributed by atoms with van der Waals surface area (Å²) in [5, 5.41) is 13.8. The smallest absolute Gasteiger partial charge is 0.209 e. The van der Waals surface area contributed by atoms with Gasteiger partial charge >= 0.3 is 0 Å². The van der Waals surface area contributed by atoms with Crippen LogP contribution in [0.4, 0.5) is 0 Å². The molecule has 1 aromatic rings. The minimum Gasteiger partial charge on any atom is -0.369 e. The standard InChI is InChI=1S/C7H9N5S/c1-5-3-13-6(12-5)2-10-7(9)11-4-8/h3H,2H2,1H3,(H3,9,10,11). The van der Waals surface area contributed by atoms with Crippen molar-refractivity contribution >= 4 is 17.3 Å². The second-order valence-electron chi connectivity index (χ2n) is 2.33. The number of hydrogen-bond acceptors (Lipinski definition) is 4. The molecule has 1 rings (SSSR count). The third-order valence-electron chi connectivity index (χ3n) is 1.26. The molecule has 5 nitrogen and oxygen atoms in total. The summed E-state index contributed by atoms with van der Waals surface area (Å²) >= 11 is 1.54. The Morgan fingerprint density at radius 1 is 1.92 bits per heavy atom. The van der Waals surface area contributed by atoms with Crippen LogP contribution in [0.1, 0.15) is 10.7 Å². The zero-order valence-corrected chi connectivity index (χ0v) is 7.93. The fourth-order valence-corrected chi connectivity index (χ4v) is 1.45. The van der Waals surface area contributed by atoms with E-state index in [0.29, 0.717) is 6.54 Å². The maximum absolute atomic E-state index is 8.17. The molecule has 0 fully saturated rings. The Bertz CT molecular complexity index is 348. The number of aromatic nitrogens is 1. The Morgan fingerprint density at radius 2 is 2.69 bits per heavy atom. The van der Waals surface area contributed by atoms with Crippen LogP contribution in [0.25, 0.3) is 0 Å². The van der Waals surface area contributed by atoms with Gasteiger partial charge in [-0.1, -0.05) is 0 Å². The van der Waals surface area contributed by atoms with Crippen LogP contribution < -0.4 is 11.1 Å². The first-order chi connectivity index (χ1) is 6.22. The molecular weight excluding hydrogens is 186 g/mol. The lowest BCUT2D eigenvalue weighted by atomic mass is 10.6. The normalized spacial score (nSPS) is 10.9. The van der Waals surface area contributed by atoms with Crippen molar-refractivity contribution in [3.63, 3.8) is 0 Å². The summed E-state index contributed by atoms with van der Waals surface area (Å²) in [4.78, 5) is 7.52. The molecule has 1 aromatic heterocycles. The highest BCUT2D eigenvalue weighted by Gasteiger charge is 1.98. The van der Waals surface area contributed by atoms with E-state index in [1.54, 1.807) is 17.5 Å². The lowest BCUT2D eigenvalue weighted by Crippen LogP contribution is -2.30. The number of thiazole rings is 1. The number of guanidine groups is 1. The van der Waals surface area contributed by atoms with Crippen molar-refractivity contribution in [2.45, 2.75) is 13.5 Å². The fourth-order valence-electron chi connectivity index (χ4n) is 0.743. The van der Waals surface area contributed by atoms with Gasteiger partial charge in [-0.15, -0.1) is 16.3 Å². The van der Waals surface area contributed by atoms with Gasteiger partial charge in [0.2, 0.25) is 12.2 Å². The summed E-state index contributed by atoms with van der Waals surface area (Å²) in [6.45, 7) is 2.43. The second-order valence-corrected chi connectivity index (χ2v) is 3.28. The first-order valence-electron chi connectivity index (χ1n) is 3.59. The van der Waals surface area contributed by atoms with Gasteiger partial charge in [-0.25, -0.2) is 4.98 Å². The van der Waals surface area contributed by atoms with Gasteiger partial charge in [0, 0.05) is 11.1 Å². The minimum absolute atomic E-state index is 0.121. The number of aliphatic imine (C=N–C) groups is 1. The van der Waals surface area contributed by atoms with Crippen LogP contribution in [-0.4, -0.2) is 10.9 Å². The number of rotatable bonds is 2. The Labute approximate surface area is 79.9 Å². The maximum Gasteiger partial charge on any atom is 0.209 e. The molecule has 0 unspecified atom stereocenters. The number of nitrogens with zero attached hydrogens (tertiary/aromatic N) is 3. The number of nitrogens with one attached hydrogen (secondary N) is 1. The van der Waals surface area contributed by atoms with E-state index in [2.05, 4.69) is 15.3 Å². The monoisotopic (exact) mass is 195 g/mol. The number of aryl methyl sites for hydroxylation is 1. The van der Waals surface area contributed by atoms with Gasteiger partial charge in [0.1, 0.15) is 5.01 Å². The second kappa shape index (κ2) is 4.42. The molecule has 0 amide bonds. The molecular formula is C7H9N5S. The quantitative estimate of drug-likeness (QED) is 0.404. The number of hydrogen-bond donors (Lipinski definition) is 2. The fraction of sp³-hybridized carbons (Fsp3) is 0.286. The predicted octanol–water partition coefficient (Wildman–Crippen LogP) is 0.337. The molecule has 0 aliphatic heterocycles. The molecule has 0 atom stereocenters. The third kappa shape index (κ3) is 3.09. The van der Waals surface area contributed by atoms with Crippen molar-refractivity contribution in [1.82, 2.24) is 10.3 Å². The van der Waals surface area contributed by atoms with Crippen molar-refractivity contribution < 1.29 is 0 Å².